The molecule has 1 fully saturated rings. The maximum Gasteiger partial charge on any atom is 0.337 e. The van der Waals surface area contributed by atoms with Crippen molar-refractivity contribution in [1.82, 2.24) is 4.31 Å². The van der Waals surface area contributed by atoms with Gasteiger partial charge in [0.25, 0.3) is 0 Å². The van der Waals surface area contributed by atoms with Gasteiger partial charge >= 0.3 is 5.97 Å². The van der Waals surface area contributed by atoms with Crippen LogP contribution in [0.4, 0.5) is 0 Å². The molecule has 0 radical (unpaired) electrons. The molecule has 0 amide bonds. The highest BCUT2D eigenvalue weighted by Crippen LogP contribution is 2.29. The van der Waals surface area contributed by atoms with E-state index in [9.17, 15) is 13.2 Å². The molecule has 0 aromatic heterocycles. The SMILES string of the molecule is CC(C)C1CCN(S(=O)(=O)c2ccccc2C(=O)O)C1. The fourth-order valence-electron chi connectivity index (χ4n) is 2.52. The van der Waals surface area contributed by atoms with Crippen molar-refractivity contribution in [2.75, 3.05) is 13.1 Å². The van der Waals surface area contributed by atoms with Gasteiger partial charge in [-0.05, 0) is 30.4 Å². The average molecular weight is 297 g/mol. The largest absolute Gasteiger partial charge is 0.478 e. The molecule has 1 aliphatic rings. The van der Waals surface area contributed by atoms with Crippen molar-refractivity contribution >= 4 is 16.0 Å². The smallest absolute Gasteiger partial charge is 0.337 e. The third kappa shape index (κ3) is 2.71. The molecular formula is C14H19NO4S. The summed E-state index contributed by atoms with van der Waals surface area (Å²) in [5.74, 6) is -0.463. The van der Waals surface area contributed by atoms with Crippen molar-refractivity contribution in [3.8, 4) is 0 Å². The van der Waals surface area contributed by atoms with Crippen molar-refractivity contribution in [3.63, 3.8) is 0 Å². The lowest BCUT2D eigenvalue weighted by Gasteiger charge is -2.19. The number of rotatable bonds is 4. The molecule has 1 atom stereocenters. The van der Waals surface area contributed by atoms with Crippen LogP contribution in [-0.4, -0.2) is 36.9 Å². The molecule has 6 heteroatoms. The minimum atomic E-state index is -3.73. The van der Waals surface area contributed by atoms with Crippen molar-refractivity contribution in [2.45, 2.75) is 25.2 Å². The fourth-order valence-corrected chi connectivity index (χ4v) is 4.22. The lowest BCUT2D eigenvalue weighted by atomic mass is 9.96. The van der Waals surface area contributed by atoms with Crippen LogP contribution in [0.1, 0.15) is 30.6 Å². The molecule has 0 aliphatic carbocycles. The van der Waals surface area contributed by atoms with E-state index in [1.165, 1.54) is 22.5 Å². The first-order valence-electron chi connectivity index (χ1n) is 6.66. The van der Waals surface area contributed by atoms with Gasteiger partial charge in [0.1, 0.15) is 0 Å². The van der Waals surface area contributed by atoms with E-state index in [4.69, 9.17) is 5.11 Å². The first kappa shape index (κ1) is 15.0. The minimum Gasteiger partial charge on any atom is -0.478 e. The van der Waals surface area contributed by atoms with Crippen molar-refractivity contribution in [3.05, 3.63) is 29.8 Å². The van der Waals surface area contributed by atoms with Gasteiger partial charge in [-0.1, -0.05) is 26.0 Å². The van der Waals surface area contributed by atoms with Crippen LogP contribution in [0.25, 0.3) is 0 Å². The molecule has 110 valence electrons. The Morgan fingerprint density at radius 2 is 2.00 bits per heavy atom. The molecule has 1 saturated heterocycles. The van der Waals surface area contributed by atoms with Crippen LogP contribution in [0.5, 0.6) is 0 Å². The summed E-state index contributed by atoms with van der Waals surface area (Å²) in [5.41, 5.74) is -0.166. The highest BCUT2D eigenvalue weighted by atomic mass is 32.2. The summed E-state index contributed by atoms with van der Waals surface area (Å²) < 4.78 is 26.6. The predicted molar refractivity (Wildman–Crippen MR) is 75.1 cm³/mol. The molecule has 1 N–H and O–H groups in total. The van der Waals surface area contributed by atoms with Gasteiger partial charge in [0.2, 0.25) is 10.0 Å². The summed E-state index contributed by atoms with van der Waals surface area (Å²) in [6.07, 6.45) is 0.826. The zero-order valence-corrected chi connectivity index (χ0v) is 12.4. The number of nitrogens with zero attached hydrogens (tertiary/aromatic N) is 1. The number of aromatic carboxylic acids is 1. The second-order valence-electron chi connectivity index (χ2n) is 5.46. The van der Waals surface area contributed by atoms with Gasteiger partial charge in [-0.15, -0.1) is 0 Å². The average Bonchev–Trinajstić information content (AvgIpc) is 2.89. The standard InChI is InChI=1S/C14H19NO4S/c1-10(2)11-7-8-15(9-11)20(18,19)13-6-4-3-5-12(13)14(16)17/h3-6,10-11H,7-9H2,1-2H3,(H,16,17). The number of carbonyl (C=O) groups is 1. The summed E-state index contributed by atoms with van der Waals surface area (Å²) >= 11 is 0. The first-order chi connectivity index (χ1) is 9.34. The van der Waals surface area contributed by atoms with E-state index in [0.29, 0.717) is 24.9 Å². The van der Waals surface area contributed by atoms with E-state index in [1.54, 1.807) is 6.07 Å². The van der Waals surface area contributed by atoms with Crippen LogP contribution in [0.3, 0.4) is 0 Å². The number of hydrogen-bond acceptors (Lipinski definition) is 3. The summed E-state index contributed by atoms with van der Waals surface area (Å²) in [5, 5.41) is 9.13. The van der Waals surface area contributed by atoms with E-state index < -0.39 is 16.0 Å². The summed E-state index contributed by atoms with van der Waals surface area (Å²) in [6.45, 7) is 5.07. The van der Waals surface area contributed by atoms with Crippen LogP contribution >= 0.6 is 0 Å². The molecule has 1 aromatic rings. The highest BCUT2D eigenvalue weighted by molar-refractivity contribution is 7.89. The van der Waals surface area contributed by atoms with E-state index >= 15 is 0 Å². The van der Waals surface area contributed by atoms with Crippen molar-refractivity contribution < 1.29 is 18.3 Å². The minimum absolute atomic E-state index is 0.114. The summed E-state index contributed by atoms with van der Waals surface area (Å²) in [6, 6.07) is 5.77. The van der Waals surface area contributed by atoms with Gasteiger partial charge in [0.05, 0.1) is 10.5 Å². The maximum absolute atomic E-state index is 12.6. The second-order valence-corrected chi connectivity index (χ2v) is 7.36. The lowest BCUT2D eigenvalue weighted by molar-refractivity contribution is 0.0692. The van der Waals surface area contributed by atoms with Gasteiger partial charge in [-0.25, -0.2) is 13.2 Å². The van der Waals surface area contributed by atoms with Gasteiger partial charge in [0.15, 0.2) is 0 Å². The topological polar surface area (TPSA) is 74.7 Å². The Labute approximate surface area is 119 Å². The van der Waals surface area contributed by atoms with E-state index in [1.807, 2.05) is 0 Å². The monoisotopic (exact) mass is 297 g/mol. The zero-order valence-electron chi connectivity index (χ0n) is 11.6. The Bertz CT molecular complexity index is 609. The van der Waals surface area contributed by atoms with Gasteiger partial charge in [-0.3, -0.25) is 0 Å². The molecule has 0 saturated carbocycles. The highest BCUT2D eigenvalue weighted by Gasteiger charge is 2.35. The maximum atomic E-state index is 12.6. The van der Waals surface area contributed by atoms with Crippen LogP contribution in [0.2, 0.25) is 0 Å². The van der Waals surface area contributed by atoms with Crippen LogP contribution in [-0.2, 0) is 10.0 Å². The zero-order chi connectivity index (χ0) is 14.9. The lowest BCUT2D eigenvalue weighted by Crippen LogP contribution is -2.30. The number of carboxylic acid groups (broad SMARTS) is 1. The summed E-state index contributed by atoms with van der Waals surface area (Å²) in [4.78, 5) is 11.1. The Kier molecular flexibility index (Phi) is 4.15. The quantitative estimate of drug-likeness (QED) is 0.923. The molecule has 1 aromatic carbocycles. The van der Waals surface area contributed by atoms with E-state index in [0.717, 1.165) is 6.42 Å². The van der Waals surface area contributed by atoms with Gasteiger partial charge < -0.3 is 5.11 Å². The third-order valence-corrected chi connectivity index (χ3v) is 5.79. The predicted octanol–water partition coefficient (Wildman–Crippen LogP) is 2.05. The number of hydrogen-bond donors (Lipinski definition) is 1. The number of sulfonamides is 1. The number of carboxylic acids is 1. The third-order valence-electron chi connectivity index (χ3n) is 3.87. The molecule has 2 rings (SSSR count). The fraction of sp³-hybridized carbons (Fsp3) is 0.500. The summed E-state index contributed by atoms with van der Waals surface area (Å²) in [7, 11) is -3.73. The Balaban J connectivity index is 2.35. The normalized spacial score (nSPS) is 20.4. The van der Waals surface area contributed by atoms with E-state index in [-0.39, 0.29) is 10.5 Å². The molecule has 1 heterocycles. The number of benzene rings is 1. The molecule has 0 spiro atoms. The van der Waals surface area contributed by atoms with E-state index in [2.05, 4.69) is 13.8 Å². The first-order valence-corrected chi connectivity index (χ1v) is 8.10. The molecule has 1 unspecified atom stereocenters. The van der Waals surface area contributed by atoms with Crippen LogP contribution in [0.15, 0.2) is 29.2 Å². The van der Waals surface area contributed by atoms with Crippen molar-refractivity contribution in [1.29, 1.82) is 0 Å². The second kappa shape index (κ2) is 5.54. The van der Waals surface area contributed by atoms with Crippen molar-refractivity contribution in [2.24, 2.45) is 11.8 Å². The molecule has 0 bridgehead atoms. The van der Waals surface area contributed by atoms with Crippen LogP contribution in [0, 0.1) is 11.8 Å². The Morgan fingerprint density at radius 1 is 1.35 bits per heavy atom. The molecular weight excluding hydrogens is 278 g/mol. The molecule has 20 heavy (non-hydrogen) atoms. The molecule has 1 aliphatic heterocycles. The Hall–Kier alpha value is -1.40. The van der Waals surface area contributed by atoms with Gasteiger partial charge in [-0.2, -0.15) is 4.31 Å². The van der Waals surface area contributed by atoms with Crippen LogP contribution < -0.4 is 0 Å². The van der Waals surface area contributed by atoms with Gasteiger partial charge in [0, 0.05) is 13.1 Å². The Morgan fingerprint density at radius 3 is 2.55 bits per heavy atom. The molecule has 5 nitrogen and oxygen atoms in total.